The molecule has 0 unspecified atom stereocenters. The van der Waals surface area contributed by atoms with Crippen molar-refractivity contribution in [1.82, 2.24) is 5.32 Å². The smallest absolute Gasteiger partial charge is 0.407 e. The quantitative estimate of drug-likeness (QED) is 0.653. The molecule has 3 nitrogen and oxygen atoms in total. The molecule has 0 aromatic heterocycles. The van der Waals surface area contributed by atoms with Crippen molar-refractivity contribution in [1.29, 1.82) is 0 Å². The molecule has 0 aliphatic carbocycles. The topological polar surface area (TPSA) is 38.3 Å². The van der Waals surface area contributed by atoms with Crippen LogP contribution in [0.5, 0.6) is 0 Å². The first-order valence-electron chi connectivity index (χ1n) is 4.23. The fourth-order valence-corrected chi connectivity index (χ4v) is 1.43. The molecule has 1 N–H and O–H groups in total. The average Bonchev–Trinajstić information content (AvgIpc) is 2.32. The van der Waals surface area contributed by atoms with Crippen molar-refractivity contribution >= 4 is 6.09 Å². The fourth-order valence-electron chi connectivity index (χ4n) is 1.43. The van der Waals surface area contributed by atoms with Crippen molar-refractivity contribution in [3.8, 4) is 0 Å². The SMILES string of the molecule is C=CC[C@H]1OC(=O)N[C@@H]1C(C)C. The highest BCUT2D eigenvalue weighted by atomic mass is 16.6. The third-order valence-electron chi connectivity index (χ3n) is 2.06. The number of carbonyl (C=O) groups excluding carboxylic acids is 1. The Morgan fingerprint density at radius 3 is 2.92 bits per heavy atom. The van der Waals surface area contributed by atoms with Crippen molar-refractivity contribution in [3.63, 3.8) is 0 Å². The maximum Gasteiger partial charge on any atom is 0.407 e. The molecule has 0 aromatic rings. The van der Waals surface area contributed by atoms with Crippen LogP contribution in [0.1, 0.15) is 20.3 Å². The van der Waals surface area contributed by atoms with Gasteiger partial charge in [0.2, 0.25) is 0 Å². The van der Waals surface area contributed by atoms with E-state index in [2.05, 4.69) is 25.7 Å². The molecule has 3 heteroatoms. The summed E-state index contributed by atoms with van der Waals surface area (Å²) in [5.74, 6) is 0.404. The maximum atomic E-state index is 10.9. The van der Waals surface area contributed by atoms with Crippen molar-refractivity contribution in [2.45, 2.75) is 32.4 Å². The number of ether oxygens (including phenoxy) is 1. The van der Waals surface area contributed by atoms with Crippen LogP contribution in [-0.2, 0) is 4.74 Å². The van der Waals surface area contributed by atoms with Gasteiger partial charge in [0, 0.05) is 6.42 Å². The van der Waals surface area contributed by atoms with Gasteiger partial charge in [0.25, 0.3) is 0 Å². The molecule has 1 fully saturated rings. The van der Waals surface area contributed by atoms with Gasteiger partial charge in [-0.05, 0) is 5.92 Å². The normalized spacial score (nSPS) is 28.4. The Labute approximate surface area is 72.8 Å². The van der Waals surface area contributed by atoms with Crippen molar-refractivity contribution in [2.75, 3.05) is 0 Å². The Morgan fingerprint density at radius 2 is 2.42 bits per heavy atom. The van der Waals surface area contributed by atoms with E-state index in [-0.39, 0.29) is 18.2 Å². The molecule has 0 aromatic carbocycles. The van der Waals surface area contributed by atoms with Gasteiger partial charge >= 0.3 is 6.09 Å². The zero-order chi connectivity index (χ0) is 9.14. The van der Waals surface area contributed by atoms with E-state index in [0.29, 0.717) is 5.92 Å². The van der Waals surface area contributed by atoms with Crippen LogP contribution in [-0.4, -0.2) is 18.2 Å². The summed E-state index contributed by atoms with van der Waals surface area (Å²) in [6, 6.07) is 0.135. The molecule has 1 saturated heterocycles. The first kappa shape index (κ1) is 9.10. The number of alkyl carbamates (subject to hydrolysis) is 1. The van der Waals surface area contributed by atoms with Gasteiger partial charge in [0.1, 0.15) is 6.10 Å². The zero-order valence-electron chi connectivity index (χ0n) is 7.54. The Morgan fingerprint density at radius 1 is 1.75 bits per heavy atom. The summed E-state index contributed by atoms with van der Waals surface area (Å²) in [6.45, 7) is 7.75. The minimum Gasteiger partial charge on any atom is -0.444 e. The van der Waals surface area contributed by atoms with Crippen LogP contribution in [0, 0.1) is 5.92 Å². The van der Waals surface area contributed by atoms with E-state index in [4.69, 9.17) is 4.74 Å². The van der Waals surface area contributed by atoms with Gasteiger partial charge in [-0.1, -0.05) is 19.9 Å². The number of hydrogen-bond acceptors (Lipinski definition) is 2. The van der Waals surface area contributed by atoms with E-state index in [1.807, 2.05) is 0 Å². The van der Waals surface area contributed by atoms with Crippen LogP contribution < -0.4 is 5.32 Å². The lowest BCUT2D eigenvalue weighted by atomic mass is 9.97. The van der Waals surface area contributed by atoms with Gasteiger partial charge in [0.15, 0.2) is 0 Å². The average molecular weight is 169 g/mol. The molecule has 68 valence electrons. The number of hydrogen-bond donors (Lipinski definition) is 1. The molecule has 1 aliphatic heterocycles. The minimum absolute atomic E-state index is 0.0324. The van der Waals surface area contributed by atoms with E-state index < -0.39 is 0 Å². The second kappa shape index (κ2) is 3.61. The molecular formula is C9H15NO2. The molecular weight excluding hydrogens is 154 g/mol. The summed E-state index contributed by atoms with van der Waals surface area (Å²) >= 11 is 0. The van der Waals surface area contributed by atoms with Crippen LogP contribution in [0.4, 0.5) is 4.79 Å². The molecule has 0 bridgehead atoms. The first-order chi connectivity index (χ1) is 5.65. The second-order valence-electron chi connectivity index (χ2n) is 3.38. The van der Waals surface area contributed by atoms with Gasteiger partial charge in [-0.2, -0.15) is 0 Å². The van der Waals surface area contributed by atoms with Crippen LogP contribution in [0.3, 0.4) is 0 Å². The van der Waals surface area contributed by atoms with E-state index in [0.717, 1.165) is 6.42 Å². The van der Waals surface area contributed by atoms with Gasteiger partial charge < -0.3 is 10.1 Å². The Bertz CT molecular complexity index is 189. The molecule has 0 radical (unpaired) electrons. The number of amides is 1. The van der Waals surface area contributed by atoms with Crippen molar-refractivity contribution in [2.24, 2.45) is 5.92 Å². The minimum atomic E-state index is -0.305. The van der Waals surface area contributed by atoms with Crippen molar-refractivity contribution in [3.05, 3.63) is 12.7 Å². The molecule has 1 rings (SSSR count). The summed E-state index contributed by atoms with van der Waals surface area (Å²) in [7, 11) is 0. The number of cyclic esters (lactones) is 1. The Kier molecular flexibility index (Phi) is 2.74. The monoisotopic (exact) mass is 169 g/mol. The van der Waals surface area contributed by atoms with Gasteiger partial charge in [-0.15, -0.1) is 6.58 Å². The lowest BCUT2D eigenvalue weighted by molar-refractivity contribution is 0.127. The molecule has 1 heterocycles. The summed E-state index contributed by atoms with van der Waals surface area (Å²) in [5.41, 5.74) is 0. The van der Waals surface area contributed by atoms with Crippen LogP contribution in [0.15, 0.2) is 12.7 Å². The van der Waals surface area contributed by atoms with Gasteiger partial charge in [0.05, 0.1) is 6.04 Å². The molecule has 1 amide bonds. The predicted molar refractivity (Wildman–Crippen MR) is 46.8 cm³/mol. The predicted octanol–water partition coefficient (Wildman–Crippen LogP) is 1.70. The summed E-state index contributed by atoms with van der Waals surface area (Å²) < 4.78 is 5.05. The second-order valence-corrected chi connectivity index (χ2v) is 3.38. The van der Waals surface area contributed by atoms with E-state index in [9.17, 15) is 4.79 Å². The number of rotatable bonds is 3. The summed E-state index contributed by atoms with van der Waals surface area (Å²) in [4.78, 5) is 10.9. The van der Waals surface area contributed by atoms with E-state index >= 15 is 0 Å². The first-order valence-corrected chi connectivity index (χ1v) is 4.23. The molecule has 0 saturated carbocycles. The van der Waals surface area contributed by atoms with Gasteiger partial charge in [-0.3, -0.25) is 0 Å². The molecule has 1 aliphatic rings. The third-order valence-corrected chi connectivity index (χ3v) is 2.06. The lowest BCUT2D eigenvalue weighted by Gasteiger charge is -2.18. The Hall–Kier alpha value is -0.990. The molecule has 0 spiro atoms. The highest BCUT2D eigenvalue weighted by molar-refractivity contribution is 5.70. The van der Waals surface area contributed by atoms with Crippen LogP contribution >= 0.6 is 0 Å². The van der Waals surface area contributed by atoms with E-state index in [1.54, 1.807) is 6.08 Å². The highest BCUT2D eigenvalue weighted by Gasteiger charge is 2.34. The van der Waals surface area contributed by atoms with Crippen LogP contribution in [0.2, 0.25) is 0 Å². The maximum absolute atomic E-state index is 10.9. The standard InChI is InChI=1S/C9H15NO2/c1-4-5-7-8(6(2)3)10-9(11)12-7/h4,6-8H,1,5H2,2-3H3,(H,10,11)/t7-,8-/m1/s1. The lowest BCUT2D eigenvalue weighted by Crippen LogP contribution is -2.36. The number of carbonyl (C=O) groups is 1. The summed E-state index contributed by atoms with van der Waals surface area (Å²) in [5, 5.41) is 2.78. The van der Waals surface area contributed by atoms with E-state index in [1.165, 1.54) is 0 Å². The fraction of sp³-hybridized carbons (Fsp3) is 0.667. The summed E-state index contributed by atoms with van der Waals surface area (Å²) in [6.07, 6.45) is 2.16. The highest BCUT2D eigenvalue weighted by Crippen LogP contribution is 2.18. The third kappa shape index (κ3) is 1.78. The van der Waals surface area contributed by atoms with Crippen molar-refractivity contribution < 1.29 is 9.53 Å². The molecule has 12 heavy (non-hydrogen) atoms. The number of nitrogens with one attached hydrogen (secondary N) is 1. The Balaban J connectivity index is 2.58. The largest absolute Gasteiger partial charge is 0.444 e. The molecule has 2 atom stereocenters. The van der Waals surface area contributed by atoms with Crippen LogP contribution in [0.25, 0.3) is 0 Å². The zero-order valence-corrected chi connectivity index (χ0v) is 7.54. The van der Waals surface area contributed by atoms with Gasteiger partial charge in [-0.25, -0.2) is 4.79 Å².